The normalized spacial score (nSPS) is 14.9. The fourth-order valence-corrected chi connectivity index (χ4v) is 1.16. The third kappa shape index (κ3) is 1.97. The lowest BCUT2D eigenvalue weighted by Gasteiger charge is -2.23. The Kier molecular flexibility index (Phi) is 2.98. The standard InChI is InChI=1S/C10H16N2O2/c1-10(12,6-13)7-3-4-8(11)9(5-7)14-2/h3-5,13H,6,11-12H2,1-2H3/t10-/m0/s1. The Balaban J connectivity index is 3.12. The summed E-state index contributed by atoms with van der Waals surface area (Å²) in [5.74, 6) is 0.577. The Morgan fingerprint density at radius 1 is 1.50 bits per heavy atom. The minimum absolute atomic E-state index is 0.125. The van der Waals surface area contributed by atoms with Crippen LogP contribution in [-0.2, 0) is 5.54 Å². The van der Waals surface area contributed by atoms with E-state index in [9.17, 15) is 0 Å². The van der Waals surface area contributed by atoms with Crippen LogP contribution >= 0.6 is 0 Å². The summed E-state index contributed by atoms with van der Waals surface area (Å²) in [4.78, 5) is 0. The Bertz CT molecular complexity index is 324. The van der Waals surface area contributed by atoms with E-state index >= 15 is 0 Å². The number of nitrogen functional groups attached to an aromatic ring is 1. The van der Waals surface area contributed by atoms with E-state index in [-0.39, 0.29) is 6.61 Å². The van der Waals surface area contributed by atoms with Crippen LogP contribution in [0.15, 0.2) is 18.2 Å². The van der Waals surface area contributed by atoms with Crippen LogP contribution in [0.4, 0.5) is 5.69 Å². The number of rotatable bonds is 3. The molecule has 0 aliphatic carbocycles. The molecule has 0 saturated heterocycles. The largest absolute Gasteiger partial charge is 0.495 e. The predicted molar refractivity (Wildman–Crippen MR) is 56.0 cm³/mol. The molecule has 5 N–H and O–H groups in total. The van der Waals surface area contributed by atoms with E-state index < -0.39 is 5.54 Å². The lowest BCUT2D eigenvalue weighted by molar-refractivity contribution is 0.210. The van der Waals surface area contributed by atoms with Crippen molar-refractivity contribution in [2.75, 3.05) is 19.5 Å². The zero-order chi connectivity index (χ0) is 10.8. The summed E-state index contributed by atoms with van der Waals surface area (Å²) in [5, 5.41) is 9.08. The van der Waals surface area contributed by atoms with Crippen molar-refractivity contribution >= 4 is 5.69 Å². The first-order valence-corrected chi connectivity index (χ1v) is 4.35. The van der Waals surface area contributed by atoms with Crippen molar-refractivity contribution in [3.05, 3.63) is 23.8 Å². The second kappa shape index (κ2) is 3.86. The molecule has 0 aliphatic heterocycles. The second-order valence-corrected chi connectivity index (χ2v) is 3.53. The van der Waals surface area contributed by atoms with Gasteiger partial charge < -0.3 is 21.3 Å². The molecule has 0 heterocycles. The van der Waals surface area contributed by atoms with Gasteiger partial charge in [0.05, 0.1) is 24.9 Å². The third-order valence-corrected chi connectivity index (χ3v) is 2.22. The first kappa shape index (κ1) is 10.8. The van der Waals surface area contributed by atoms with Gasteiger partial charge in [-0.2, -0.15) is 0 Å². The van der Waals surface area contributed by atoms with Gasteiger partial charge in [0.25, 0.3) is 0 Å². The number of ether oxygens (including phenoxy) is 1. The van der Waals surface area contributed by atoms with E-state index in [1.165, 1.54) is 0 Å². The molecule has 1 atom stereocenters. The van der Waals surface area contributed by atoms with E-state index in [0.717, 1.165) is 5.56 Å². The molecular formula is C10H16N2O2. The van der Waals surface area contributed by atoms with Crippen molar-refractivity contribution in [2.45, 2.75) is 12.5 Å². The summed E-state index contributed by atoms with van der Waals surface area (Å²) < 4.78 is 5.06. The zero-order valence-corrected chi connectivity index (χ0v) is 8.45. The van der Waals surface area contributed by atoms with Crippen molar-refractivity contribution < 1.29 is 9.84 Å². The van der Waals surface area contributed by atoms with Crippen LogP contribution in [-0.4, -0.2) is 18.8 Å². The molecule has 78 valence electrons. The van der Waals surface area contributed by atoms with E-state index in [2.05, 4.69) is 0 Å². The van der Waals surface area contributed by atoms with E-state index in [1.807, 2.05) is 0 Å². The molecule has 0 aliphatic rings. The maximum atomic E-state index is 9.08. The molecule has 0 fully saturated rings. The number of hydrogen-bond acceptors (Lipinski definition) is 4. The highest BCUT2D eigenvalue weighted by Crippen LogP contribution is 2.27. The maximum Gasteiger partial charge on any atom is 0.142 e. The number of anilines is 1. The number of nitrogens with two attached hydrogens (primary N) is 2. The van der Waals surface area contributed by atoms with Gasteiger partial charge in [-0.3, -0.25) is 0 Å². The Hall–Kier alpha value is -1.26. The average Bonchev–Trinajstić information content (AvgIpc) is 2.18. The van der Waals surface area contributed by atoms with Gasteiger partial charge in [0.1, 0.15) is 5.75 Å². The van der Waals surface area contributed by atoms with Crippen LogP contribution in [0.25, 0.3) is 0 Å². The lowest BCUT2D eigenvalue weighted by atomic mass is 9.94. The van der Waals surface area contributed by atoms with Crippen LogP contribution < -0.4 is 16.2 Å². The quantitative estimate of drug-likeness (QED) is 0.613. The molecule has 0 radical (unpaired) electrons. The van der Waals surface area contributed by atoms with Crippen molar-refractivity contribution in [1.29, 1.82) is 0 Å². The summed E-state index contributed by atoms with van der Waals surface area (Å²) in [6.45, 7) is 1.62. The molecule has 1 aromatic carbocycles. The Morgan fingerprint density at radius 2 is 2.14 bits per heavy atom. The van der Waals surface area contributed by atoms with Gasteiger partial charge in [-0.1, -0.05) is 6.07 Å². The molecular weight excluding hydrogens is 180 g/mol. The molecule has 4 heteroatoms. The van der Waals surface area contributed by atoms with E-state index in [1.54, 1.807) is 32.2 Å². The third-order valence-electron chi connectivity index (χ3n) is 2.22. The second-order valence-electron chi connectivity index (χ2n) is 3.53. The lowest BCUT2D eigenvalue weighted by Crippen LogP contribution is -2.36. The average molecular weight is 196 g/mol. The highest BCUT2D eigenvalue weighted by Gasteiger charge is 2.20. The van der Waals surface area contributed by atoms with Gasteiger partial charge >= 0.3 is 0 Å². The molecule has 1 rings (SSSR count). The van der Waals surface area contributed by atoms with Gasteiger partial charge in [-0.05, 0) is 24.6 Å². The van der Waals surface area contributed by atoms with E-state index in [0.29, 0.717) is 11.4 Å². The van der Waals surface area contributed by atoms with Gasteiger partial charge in [-0.15, -0.1) is 0 Å². The zero-order valence-electron chi connectivity index (χ0n) is 8.45. The maximum absolute atomic E-state index is 9.08. The van der Waals surface area contributed by atoms with E-state index in [4.69, 9.17) is 21.3 Å². The van der Waals surface area contributed by atoms with Gasteiger partial charge in [-0.25, -0.2) is 0 Å². The van der Waals surface area contributed by atoms with Gasteiger partial charge in [0, 0.05) is 0 Å². The topological polar surface area (TPSA) is 81.5 Å². The van der Waals surface area contributed by atoms with Crippen LogP contribution in [0, 0.1) is 0 Å². The number of methoxy groups -OCH3 is 1. The molecule has 14 heavy (non-hydrogen) atoms. The summed E-state index contributed by atoms with van der Waals surface area (Å²) in [5.41, 5.74) is 12.1. The van der Waals surface area contributed by atoms with Gasteiger partial charge in [0.15, 0.2) is 0 Å². The van der Waals surface area contributed by atoms with Crippen LogP contribution in [0.2, 0.25) is 0 Å². The van der Waals surface area contributed by atoms with Crippen LogP contribution in [0.1, 0.15) is 12.5 Å². The van der Waals surface area contributed by atoms with Crippen molar-refractivity contribution in [3.63, 3.8) is 0 Å². The minimum atomic E-state index is -0.763. The molecule has 4 nitrogen and oxygen atoms in total. The molecule has 1 aromatic rings. The Morgan fingerprint density at radius 3 is 2.64 bits per heavy atom. The van der Waals surface area contributed by atoms with Gasteiger partial charge in [0.2, 0.25) is 0 Å². The predicted octanol–water partition coefficient (Wildman–Crippen LogP) is 0.444. The first-order chi connectivity index (χ1) is 6.51. The SMILES string of the molecule is COc1cc([C@@](C)(N)CO)ccc1N. The molecule has 0 spiro atoms. The highest BCUT2D eigenvalue weighted by molar-refractivity contribution is 5.54. The number of aliphatic hydroxyl groups excluding tert-OH is 1. The molecule has 0 amide bonds. The van der Waals surface area contributed by atoms with Crippen molar-refractivity contribution in [2.24, 2.45) is 5.73 Å². The summed E-state index contributed by atoms with van der Waals surface area (Å²) in [6, 6.07) is 5.24. The molecule has 0 aromatic heterocycles. The molecule has 0 bridgehead atoms. The summed E-state index contributed by atoms with van der Waals surface area (Å²) in [7, 11) is 1.54. The number of benzene rings is 1. The Labute approximate surface area is 83.5 Å². The van der Waals surface area contributed by atoms with Crippen LogP contribution in [0.5, 0.6) is 5.75 Å². The minimum Gasteiger partial charge on any atom is -0.495 e. The molecule has 0 saturated carbocycles. The first-order valence-electron chi connectivity index (χ1n) is 4.35. The van der Waals surface area contributed by atoms with Crippen LogP contribution in [0.3, 0.4) is 0 Å². The monoisotopic (exact) mass is 196 g/mol. The van der Waals surface area contributed by atoms with Crippen molar-refractivity contribution in [3.8, 4) is 5.75 Å². The summed E-state index contributed by atoms with van der Waals surface area (Å²) >= 11 is 0. The number of hydrogen-bond donors (Lipinski definition) is 3. The summed E-state index contributed by atoms with van der Waals surface area (Å²) in [6.07, 6.45) is 0. The fourth-order valence-electron chi connectivity index (χ4n) is 1.16. The highest BCUT2D eigenvalue weighted by atomic mass is 16.5. The van der Waals surface area contributed by atoms with Crippen molar-refractivity contribution in [1.82, 2.24) is 0 Å². The number of aliphatic hydroxyl groups is 1. The fraction of sp³-hybridized carbons (Fsp3) is 0.400. The molecule has 0 unspecified atom stereocenters. The smallest absolute Gasteiger partial charge is 0.142 e.